The minimum absolute atomic E-state index is 0.100. The van der Waals surface area contributed by atoms with Crippen molar-refractivity contribution in [3.8, 4) is 0 Å². The minimum atomic E-state index is -1.40. The van der Waals surface area contributed by atoms with Gasteiger partial charge in [0.2, 0.25) is 0 Å². The van der Waals surface area contributed by atoms with Crippen molar-refractivity contribution < 1.29 is 49.6 Å². The van der Waals surface area contributed by atoms with Gasteiger partial charge in [0.1, 0.15) is 49.1 Å². The van der Waals surface area contributed by atoms with Gasteiger partial charge in [-0.2, -0.15) is 0 Å². The van der Waals surface area contributed by atoms with Crippen LogP contribution in [0.3, 0.4) is 0 Å². The zero-order valence-electron chi connectivity index (χ0n) is 20.4. The molecule has 208 valence electrons. The van der Waals surface area contributed by atoms with Gasteiger partial charge in [0, 0.05) is 0 Å². The van der Waals surface area contributed by atoms with Crippen molar-refractivity contribution in [2.45, 2.75) is 113 Å². The number of hydrogen-bond donors (Lipinski definition) is 10. The largest absolute Gasteiger partial charge is 0.395 e. The second kappa shape index (κ2) is 13.3. The highest BCUT2D eigenvalue weighted by molar-refractivity contribution is 4.97. The third-order valence-electron chi connectivity index (χ3n) is 6.92. The van der Waals surface area contributed by atoms with Crippen molar-refractivity contribution in [1.82, 2.24) is 0 Å². The smallest absolute Gasteiger partial charge is 0.135 e. The standard InChI is InChI=1S/C21H44N4O10/c1-7(17-15(30)16(31)19(21(25)35-17)33-9(3)11(23)6-27)4-12-13(28)14(29)18(20(24)34-12)32-8(2)10(22)5-26/h7-21,26-31H,4-6,22-25H2,1-3H3. The van der Waals surface area contributed by atoms with E-state index in [1.165, 1.54) is 0 Å². The van der Waals surface area contributed by atoms with Gasteiger partial charge in [-0.1, -0.05) is 6.92 Å². The topological polar surface area (TPSA) is 262 Å². The first kappa shape index (κ1) is 30.7. The minimum Gasteiger partial charge on any atom is -0.395 e. The lowest BCUT2D eigenvalue weighted by molar-refractivity contribution is -0.265. The summed E-state index contributed by atoms with van der Waals surface area (Å²) in [6, 6.07) is -1.42. The molecule has 0 aromatic carbocycles. The number of aliphatic hydroxyl groups excluding tert-OH is 6. The van der Waals surface area contributed by atoms with E-state index in [0.29, 0.717) is 0 Å². The van der Waals surface area contributed by atoms with Gasteiger partial charge in [-0.3, -0.25) is 0 Å². The Hall–Kier alpha value is -0.560. The predicted molar refractivity (Wildman–Crippen MR) is 122 cm³/mol. The molecule has 14 N–H and O–H groups in total. The third-order valence-corrected chi connectivity index (χ3v) is 6.92. The van der Waals surface area contributed by atoms with E-state index in [0.717, 1.165) is 0 Å². The van der Waals surface area contributed by atoms with E-state index in [4.69, 9.17) is 41.9 Å². The SMILES string of the molecule is CC(CC1OC(N)C(OC(C)C(N)CO)C(O)C1O)C1OC(N)C(OC(C)C(N)CO)C(O)C1O. The highest BCUT2D eigenvalue weighted by Crippen LogP contribution is 2.32. The lowest BCUT2D eigenvalue weighted by Crippen LogP contribution is -2.65. The average Bonchev–Trinajstić information content (AvgIpc) is 2.83. The molecule has 2 saturated heterocycles. The third kappa shape index (κ3) is 7.27. The molecule has 2 aliphatic rings. The molecule has 0 aromatic heterocycles. The second-order valence-electron chi connectivity index (χ2n) is 9.68. The molecule has 2 rings (SSSR count). The first-order chi connectivity index (χ1) is 16.3. The summed E-state index contributed by atoms with van der Waals surface area (Å²) >= 11 is 0. The fourth-order valence-corrected chi connectivity index (χ4v) is 4.37. The molecular weight excluding hydrogens is 468 g/mol. The molecule has 14 heteroatoms. The summed E-state index contributed by atoms with van der Waals surface area (Å²) < 4.78 is 22.7. The van der Waals surface area contributed by atoms with Gasteiger partial charge in [-0.05, 0) is 26.2 Å². The van der Waals surface area contributed by atoms with Crippen molar-refractivity contribution in [2.75, 3.05) is 13.2 Å². The van der Waals surface area contributed by atoms with Crippen LogP contribution >= 0.6 is 0 Å². The van der Waals surface area contributed by atoms with Crippen LogP contribution in [-0.4, -0.2) is 129 Å². The highest BCUT2D eigenvalue weighted by Gasteiger charge is 2.49. The maximum atomic E-state index is 10.7. The van der Waals surface area contributed by atoms with Crippen LogP contribution in [0.1, 0.15) is 27.2 Å². The molecule has 0 saturated carbocycles. The number of ether oxygens (including phenoxy) is 4. The van der Waals surface area contributed by atoms with E-state index in [1.54, 1.807) is 20.8 Å². The molecule has 0 amide bonds. The van der Waals surface area contributed by atoms with Crippen molar-refractivity contribution in [1.29, 1.82) is 0 Å². The number of rotatable bonds is 11. The van der Waals surface area contributed by atoms with Gasteiger partial charge in [0.25, 0.3) is 0 Å². The molecule has 0 aromatic rings. The fraction of sp³-hybridized carbons (Fsp3) is 1.00. The normalized spacial score (nSPS) is 42.8. The summed E-state index contributed by atoms with van der Waals surface area (Å²) in [5, 5.41) is 60.9. The Morgan fingerprint density at radius 1 is 0.714 bits per heavy atom. The Kier molecular flexibility index (Phi) is 11.7. The van der Waals surface area contributed by atoms with Crippen LogP contribution in [0.25, 0.3) is 0 Å². The van der Waals surface area contributed by atoms with Gasteiger partial charge in [-0.15, -0.1) is 0 Å². The Labute approximate surface area is 205 Å². The fourth-order valence-electron chi connectivity index (χ4n) is 4.37. The van der Waals surface area contributed by atoms with Crippen LogP contribution in [0.2, 0.25) is 0 Å². The van der Waals surface area contributed by atoms with E-state index >= 15 is 0 Å². The average molecular weight is 513 g/mol. The number of hydrogen-bond acceptors (Lipinski definition) is 14. The second-order valence-corrected chi connectivity index (χ2v) is 9.68. The van der Waals surface area contributed by atoms with Crippen LogP contribution in [0.15, 0.2) is 0 Å². The van der Waals surface area contributed by atoms with Crippen LogP contribution in [0.5, 0.6) is 0 Å². The zero-order chi connectivity index (χ0) is 26.6. The van der Waals surface area contributed by atoms with E-state index < -0.39 is 91.5 Å². The van der Waals surface area contributed by atoms with Crippen molar-refractivity contribution in [3.05, 3.63) is 0 Å². The molecule has 14 nitrogen and oxygen atoms in total. The Bertz CT molecular complexity index is 639. The van der Waals surface area contributed by atoms with Crippen molar-refractivity contribution >= 4 is 0 Å². The van der Waals surface area contributed by atoms with Crippen LogP contribution in [-0.2, 0) is 18.9 Å². The van der Waals surface area contributed by atoms with E-state index in [9.17, 15) is 30.6 Å². The van der Waals surface area contributed by atoms with Gasteiger partial charge in [0.15, 0.2) is 0 Å². The van der Waals surface area contributed by atoms with Crippen LogP contribution < -0.4 is 22.9 Å². The molecule has 35 heavy (non-hydrogen) atoms. The molecule has 2 aliphatic heterocycles. The summed E-state index contributed by atoms with van der Waals surface area (Å²) in [6.45, 7) is 4.25. The van der Waals surface area contributed by atoms with Crippen molar-refractivity contribution in [2.24, 2.45) is 28.9 Å². The summed E-state index contributed by atoms with van der Waals surface area (Å²) in [7, 11) is 0. The van der Waals surface area contributed by atoms with E-state index in [-0.39, 0.29) is 19.6 Å². The van der Waals surface area contributed by atoms with E-state index in [1.807, 2.05) is 0 Å². The van der Waals surface area contributed by atoms with Gasteiger partial charge >= 0.3 is 0 Å². The molecule has 2 heterocycles. The Morgan fingerprint density at radius 2 is 1.14 bits per heavy atom. The van der Waals surface area contributed by atoms with Crippen molar-refractivity contribution in [3.63, 3.8) is 0 Å². The lowest BCUT2D eigenvalue weighted by atomic mass is 9.84. The summed E-state index contributed by atoms with van der Waals surface area (Å²) in [6.07, 6.45) is -13.0. The molecule has 0 bridgehead atoms. The monoisotopic (exact) mass is 512 g/mol. The predicted octanol–water partition coefficient (Wildman–Crippen LogP) is -4.99. The molecule has 15 unspecified atom stereocenters. The highest BCUT2D eigenvalue weighted by atomic mass is 16.6. The molecule has 15 atom stereocenters. The summed E-state index contributed by atoms with van der Waals surface area (Å²) in [4.78, 5) is 0. The van der Waals surface area contributed by atoms with Crippen LogP contribution in [0.4, 0.5) is 0 Å². The van der Waals surface area contributed by atoms with Gasteiger partial charge in [0.05, 0.1) is 49.7 Å². The first-order valence-electron chi connectivity index (χ1n) is 11.9. The van der Waals surface area contributed by atoms with Crippen LogP contribution in [0, 0.1) is 5.92 Å². The Morgan fingerprint density at radius 3 is 1.60 bits per heavy atom. The number of nitrogens with two attached hydrogens (primary N) is 4. The first-order valence-corrected chi connectivity index (χ1v) is 11.9. The maximum Gasteiger partial charge on any atom is 0.135 e. The zero-order valence-corrected chi connectivity index (χ0v) is 20.4. The summed E-state index contributed by atoms with van der Waals surface area (Å²) in [5.74, 6) is -0.498. The maximum absolute atomic E-state index is 10.7. The van der Waals surface area contributed by atoms with E-state index in [2.05, 4.69) is 0 Å². The lowest BCUT2D eigenvalue weighted by Gasteiger charge is -2.46. The number of aliphatic hydroxyl groups is 6. The van der Waals surface area contributed by atoms with Gasteiger partial charge < -0.3 is 72.5 Å². The molecular formula is C21H44N4O10. The quantitative estimate of drug-likeness (QED) is 0.124. The van der Waals surface area contributed by atoms with Gasteiger partial charge in [-0.25, -0.2) is 0 Å². The molecule has 0 spiro atoms. The molecule has 2 fully saturated rings. The Balaban J connectivity index is 2.00. The summed E-state index contributed by atoms with van der Waals surface area (Å²) in [5.41, 5.74) is 23.5. The molecule has 0 aliphatic carbocycles. The molecule has 0 radical (unpaired) electrons.